The van der Waals surface area contributed by atoms with Gasteiger partial charge in [-0.1, -0.05) is 12.1 Å². The number of aryl methyl sites for hydroxylation is 1. The smallest absolute Gasteiger partial charge is 0.329 e. The number of hydrogen-bond donors (Lipinski definition) is 3. The summed E-state index contributed by atoms with van der Waals surface area (Å²) in [7, 11) is 1.45. The first-order valence-corrected chi connectivity index (χ1v) is 9.70. The minimum absolute atomic E-state index is 0.0252. The van der Waals surface area contributed by atoms with E-state index < -0.39 is 22.3 Å². The zero-order valence-corrected chi connectivity index (χ0v) is 17.7. The molecule has 0 bridgehead atoms. The highest BCUT2D eigenvalue weighted by atomic mass is 16.6. The lowest BCUT2D eigenvalue weighted by atomic mass is 10.2. The average Bonchev–Trinajstić information content (AvgIpc) is 3.09. The predicted octanol–water partition coefficient (Wildman–Crippen LogP) is 0.563. The van der Waals surface area contributed by atoms with E-state index in [0.717, 1.165) is 0 Å². The summed E-state index contributed by atoms with van der Waals surface area (Å²) in [5, 5.41) is 25.3. The number of hydrogen-bond acceptors (Lipinski definition) is 9. The Bertz CT molecular complexity index is 1270. The standard InChI is InChI=1S/C19H23N7O6/c1-11(2)32-10-14(27)9-25-15-16(24(3)19(29)22-17(15)28)21-18(25)23-20-8-12-5-4-6-13(7-12)26(30)31/h4-8,11,14,27H,9-10H2,1-3H3,(H,21,23)(H,22,28,29). The molecule has 3 aromatic rings. The largest absolute Gasteiger partial charge is 0.389 e. The molecule has 0 aliphatic rings. The zero-order chi connectivity index (χ0) is 23.4. The number of nitro benzene ring substituents is 1. The second kappa shape index (κ2) is 9.53. The number of nitro groups is 1. The number of aliphatic hydroxyl groups is 1. The zero-order valence-electron chi connectivity index (χ0n) is 17.7. The number of nitrogens with zero attached hydrogens (tertiary/aromatic N) is 5. The lowest BCUT2D eigenvalue weighted by molar-refractivity contribution is -0.384. The van der Waals surface area contributed by atoms with Crippen LogP contribution in [0.2, 0.25) is 0 Å². The molecule has 170 valence electrons. The van der Waals surface area contributed by atoms with E-state index in [-0.39, 0.29) is 42.1 Å². The Morgan fingerprint density at radius 3 is 2.84 bits per heavy atom. The van der Waals surface area contributed by atoms with E-state index in [1.165, 1.54) is 40.6 Å². The second-order valence-electron chi connectivity index (χ2n) is 7.29. The van der Waals surface area contributed by atoms with Crippen LogP contribution in [0.1, 0.15) is 19.4 Å². The first kappa shape index (κ1) is 22.8. The molecule has 0 spiro atoms. The van der Waals surface area contributed by atoms with Gasteiger partial charge in [0, 0.05) is 24.7 Å². The molecule has 0 fully saturated rings. The van der Waals surface area contributed by atoms with Crippen molar-refractivity contribution in [3.63, 3.8) is 0 Å². The van der Waals surface area contributed by atoms with Gasteiger partial charge < -0.3 is 14.4 Å². The van der Waals surface area contributed by atoms with E-state index in [9.17, 15) is 24.8 Å². The Morgan fingerprint density at radius 1 is 1.41 bits per heavy atom. The summed E-state index contributed by atoms with van der Waals surface area (Å²) in [6.45, 7) is 3.63. The van der Waals surface area contributed by atoms with Crippen LogP contribution in [0, 0.1) is 10.1 Å². The molecule has 13 heteroatoms. The summed E-state index contributed by atoms with van der Waals surface area (Å²) in [6, 6.07) is 5.85. The molecule has 32 heavy (non-hydrogen) atoms. The van der Waals surface area contributed by atoms with Crippen molar-refractivity contribution in [1.29, 1.82) is 0 Å². The van der Waals surface area contributed by atoms with E-state index in [4.69, 9.17) is 4.74 Å². The number of nitrogens with one attached hydrogen (secondary N) is 2. The molecule has 3 N–H and O–H groups in total. The molecule has 0 radical (unpaired) electrons. The molecule has 0 aliphatic carbocycles. The van der Waals surface area contributed by atoms with Crippen LogP contribution in [-0.2, 0) is 18.3 Å². The van der Waals surface area contributed by atoms with Gasteiger partial charge in [-0.25, -0.2) is 10.2 Å². The SMILES string of the molecule is CC(C)OCC(O)Cn1c(NN=Cc2cccc([N+](=O)[O-])c2)nc2c1c(=O)[nH]c(=O)n2C. The van der Waals surface area contributed by atoms with Crippen LogP contribution in [0.5, 0.6) is 0 Å². The van der Waals surface area contributed by atoms with E-state index >= 15 is 0 Å². The van der Waals surface area contributed by atoms with E-state index in [2.05, 4.69) is 20.5 Å². The van der Waals surface area contributed by atoms with Crippen molar-refractivity contribution < 1.29 is 14.8 Å². The Hall–Kier alpha value is -3.84. The number of aliphatic hydroxyl groups excluding tert-OH is 1. The molecule has 0 saturated carbocycles. The fraction of sp³-hybridized carbons (Fsp3) is 0.368. The molecular weight excluding hydrogens is 422 g/mol. The summed E-state index contributed by atoms with van der Waals surface area (Å²) in [6.07, 6.45) is 0.288. The summed E-state index contributed by atoms with van der Waals surface area (Å²) in [5.74, 6) is 0.0944. The first-order valence-electron chi connectivity index (χ1n) is 9.70. The molecule has 2 heterocycles. The van der Waals surface area contributed by atoms with Gasteiger partial charge in [-0.15, -0.1) is 0 Å². The Labute approximate surface area is 181 Å². The van der Waals surface area contributed by atoms with Crippen LogP contribution in [0.15, 0.2) is 39.0 Å². The van der Waals surface area contributed by atoms with Crippen LogP contribution in [0.3, 0.4) is 0 Å². The van der Waals surface area contributed by atoms with Crippen LogP contribution in [0.25, 0.3) is 11.2 Å². The molecular formula is C19H23N7O6. The summed E-state index contributed by atoms with van der Waals surface area (Å²) in [5.41, 5.74) is 1.92. The van der Waals surface area contributed by atoms with Crippen molar-refractivity contribution in [2.75, 3.05) is 12.0 Å². The molecule has 0 aliphatic heterocycles. The minimum atomic E-state index is -0.965. The van der Waals surface area contributed by atoms with Gasteiger partial charge in [-0.3, -0.25) is 24.5 Å². The number of non-ortho nitro benzene ring substituents is 1. The monoisotopic (exact) mass is 445 g/mol. The predicted molar refractivity (Wildman–Crippen MR) is 117 cm³/mol. The van der Waals surface area contributed by atoms with Crippen molar-refractivity contribution in [3.8, 4) is 0 Å². The van der Waals surface area contributed by atoms with Crippen molar-refractivity contribution in [1.82, 2.24) is 19.1 Å². The maximum absolute atomic E-state index is 12.5. The highest BCUT2D eigenvalue weighted by Crippen LogP contribution is 2.17. The summed E-state index contributed by atoms with van der Waals surface area (Å²) >= 11 is 0. The molecule has 1 aromatic carbocycles. The van der Waals surface area contributed by atoms with Gasteiger partial charge in [-0.2, -0.15) is 10.1 Å². The quantitative estimate of drug-likeness (QED) is 0.244. The third-order valence-electron chi connectivity index (χ3n) is 4.48. The number of benzene rings is 1. The van der Waals surface area contributed by atoms with Gasteiger partial charge in [0.05, 0.1) is 36.5 Å². The third-order valence-corrected chi connectivity index (χ3v) is 4.48. The minimum Gasteiger partial charge on any atom is -0.389 e. The molecule has 0 saturated heterocycles. The molecule has 1 atom stereocenters. The van der Waals surface area contributed by atoms with E-state index in [1.54, 1.807) is 6.07 Å². The Balaban J connectivity index is 1.96. The second-order valence-corrected chi connectivity index (χ2v) is 7.29. The Kier molecular flexibility index (Phi) is 6.80. The van der Waals surface area contributed by atoms with Crippen molar-refractivity contribution in [3.05, 3.63) is 60.8 Å². The van der Waals surface area contributed by atoms with Crippen molar-refractivity contribution >= 4 is 29.0 Å². The van der Waals surface area contributed by atoms with Gasteiger partial charge in [0.25, 0.3) is 11.2 Å². The normalized spacial score (nSPS) is 12.7. The third kappa shape index (κ3) is 5.07. The molecule has 1 unspecified atom stereocenters. The topological polar surface area (TPSA) is 170 Å². The molecule has 3 rings (SSSR count). The van der Waals surface area contributed by atoms with E-state index in [1.807, 2.05) is 13.8 Å². The highest BCUT2D eigenvalue weighted by molar-refractivity contribution is 5.81. The summed E-state index contributed by atoms with van der Waals surface area (Å²) in [4.78, 5) is 41.3. The summed E-state index contributed by atoms with van der Waals surface area (Å²) < 4.78 is 7.98. The Morgan fingerprint density at radius 2 is 2.16 bits per heavy atom. The van der Waals surface area contributed by atoms with Crippen LogP contribution < -0.4 is 16.7 Å². The van der Waals surface area contributed by atoms with Gasteiger partial charge in [-0.05, 0) is 13.8 Å². The lowest BCUT2D eigenvalue weighted by Crippen LogP contribution is -2.30. The number of rotatable bonds is 9. The molecule has 0 amide bonds. The van der Waals surface area contributed by atoms with Gasteiger partial charge in [0.1, 0.15) is 0 Å². The number of hydrazone groups is 1. The van der Waals surface area contributed by atoms with E-state index in [0.29, 0.717) is 5.56 Å². The van der Waals surface area contributed by atoms with Crippen molar-refractivity contribution in [2.45, 2.75) is 32.6 Å². The highest BCUT2D eigenvalue weighted by Gasteiger charge is 2.20. The number of fused-ring (bicyclic) bond motifs is 1. The number of H-pyrrole nitrogens is 1. The average molecular weight is 445 g/mol. The number of anilines is 1. The maximum atomic E-state index is 12.5. The number of ether oxygens (including phenoxy) is 1. The number of aromatic nitrogens is 4. The number of imidazole rings is 1. The van der Waals surface area contributed by atoms with Gasteiger partial charge >= 0.3 is 5.69 Å². The van der Waals surface area contributed by atoms with Crippen LogP contribution in [0.4, 0.5) is 11.6 Å². The van der Waals surface area contributed by atoms with Gasteiger partial charge in [0.2, 0.25) is 5.95 Å². The molecule has 13 nitrogen and oxygen atoms in total. The maximum Gasteiger partial charge on any atom is 0.329 e. The lowest BCUT2D eigenvalue weighted by Gasteiger charge is -2.15. The van der Waals surface area contributed by atoms with Crippen LogP contribution >= 0.6 is 0 Å². The van der Waals surface area contributed by atoms with Crippen LogP contribution in [-0.4, -0.2) is 54.2 Å². The van der Waals surface area contributed by atoms with Gasteiger partial charge in [0.15, 0.2) is 11.2 Å². The fourth-order valence-corrected chi connectivity index (χ4v) is 2.95. The number of aromatic amines is 1. The van der Waals surface area contributed by atoms with Crippen molar-refractivity contribution in [2.24, 2.45) is 12.1 Å². The molecule has 2 aromatic heterocycles. The first-order chi connectivity index (χ1) is 15.2. The fourth-order valence-electron chi connectivity index (χ4n) is 2.95.